The van der Waals surface area contributed by atoms with Crippen LogP contribution in [0.25, 0.3) is 11.4 Å². The minimum atomic E-state index is -0.0207. The molecule has 0 bridgehead atoms. The molecule has 2 N–H and O–H groups in total. The van der Waals surface area contributed by atoms with Crippen molar-refractivity contribution >= 4 is 29.3 Å². The van der Waals surface area contributed by atoms with Gasteiger partial charge in [-0.15, -0.1) is 5.10 Å². The quantitative estimate of drug-likeness (QED) is 0.697. The van der Waals surface area contributed by atoms with Crippen molar-refractivity contribution in [2.24, 2.45) is 0 Å². The molecule has 1 amide bonds. The number of methoxy groups -OCH3 is 1. The number of amides is 1. The number of halogens is 1. The fraction of sp³-hybridized carbons (Fsp3) is 0.438. The molecule has 0 aliphatic rings. The van der Waals surface area contributed by atoms with E-state index in [2.05, 4.69) is 27.4 Å². The second-order valence-corrected chi connectivity index (χ2v) is 6.74. The molecule has 130 valence electrons. The lowest BCUT2D eigenvalue weighted by atomic mass is 10.2. The maximum Gasteiger partial charge on any atom is 0.230 e. The predicted molar refractivity (Wildman–Crippen MR) is 96.6 cm³/mol. The Kier molecular flexibility index (Phi) is 6.93. The molecule has 24 heavy (non-hydrogen) atoms. The average molecular weight is 369 g/mol. The summed E-state index contributed by atoms with van der Waals surface area (Å²) < 4.78 is 5.31. The molecular formula is C16H21ClN4O2S. The summed E-state index contributed by atoms with van der Waals surface area (Å²) in [7, 11) is 1.58. The number of carbonyl (C=O) groups is 1. The van der Waals surface area contributed by atoms with Gasteiger partial charge in [0.2, 0.25) is 11.1 Å². The topological polar surface area (TPSA) is 79.9 Å². The Morgan fingerprint density at radius 3 is 3.00 bits per heavy atom. The molecule has 2 rings (SSSR count). The van der Waals surface area contributed by atoms with E-state index < -0.39 is 0 Å². The van der Waals surface area contributed by atoms with Crippen LogP contribution in [0.3, 0.4) is 0 Å². The fourth-order valence-electron chi connectivity index (χ4n) is 2.25. The number of H-pyrrole nitrogens is 1. The lowest BCUT2D eigenvalue weighted by molar-refractivity contribution is -0.119. The summed E-state index contributed by atoms with van der Waals surface area (Å²) in [6.07, 6.45) is 2.01. The zero-order chi connectivity index (χ0) is 17.5. The van der Waals surface area contributed by atoms with E-state index in [0.29, 0.717) is 21.8 Å². The summed E-state index contributed by atoms with van der Waals surface area (Å²) in [5.74, 6) is 1.46. The fourth-order valence-corrected chi connectivity index (χ4v) is 3.03. The highest BCUT2D eigenvalue weighted by Crippen LogP contribution is 2.31. The SMILES string of the molecule is CCC[C@@H](C)NC(=O)CSc1n[nH]c(-c2cc(Cl)ccc2OC)n1. The van der Waals surface area contributed by atoms with Crippen molar-refractivity contribution in [2.75, 3.05) is 12.9 Å². The second-order valence-electron chi connectivity index (χ2n) is 5.36. The summed E-state index contributed by atoms with van der Waals surface area (Å²) >= 11 is 7.31. The van der Waals surface area contributed by atoms with E-state index in [0.717, 1.165) is 18.4 Å². The second kappa shape index (κ2) is 8.94. The third-order valence-corrected chi connectivity index (χ3v) is 4.43. The number of benzene rings is 1. The Morgan fingerprint density at radius 2 is 2.29 bits per heavy atom. The lowest BCUT2D eigenvalue weighted by Crippen LogP contribution is -2.33. The monoisotopic (exact) mass is 368 g/mol. The first-order valence-corrected chi connectivity index (χ1v) is 9.08. The standard InChI is InChI=1S/C16H21ClN4O2S/c1-4-5-10(2)18-14(22)9-24-16-19-15(20-21-16)12-8-11(17)6-7-13(12)23-3/h6-8,10H,4-5,9H2,1-3H3,(H,18,22)(H,19,20,21)/t10-/m1/s1. The van der Waals surface area contributed by atoms with E-state index >= 15 is 0 Å². The molecule has 0 unspecified atom stereocenters. The van der Waals surface area contributed by atoms with Crippen molar-refractivity contribution in [3.63, 3.8) is 0 Å². The van der Waals surface area contributed by atoms with E-state index in [9.17, 15) is 4.79 Å². The lowest BCUT2D eigenvalue weighted by Gasteiger charge is -2.11. The summed E-state index contributed by atoms with van der Waals surface area (Å²) in [5.41, 5.74) is 0.727. The van der Waals surface area contributed by atoms with Gasteiger partial charge in [-0.3, -0.25) is 9.89 Å². The molecule has 8 heteroatoms. The van der Waals surface area contributed by atoms with Crippen LogP contribution in [0.15, 0.2) is 23.4 Å². The number of aromatic amines is 1. The van der Waals surface area contributed by atoms with Crippen LogP contribution in [0.5, 0.6) is 5.75 Å². The van der Waals surface area contributed by atoms with Gasteiger partial charge in [0.25, 0.3) is 0 Å². The summed E-state index contributed by atoms with van der Waals surface area (Å²) in [6.45, 7) is 4.10. The van der Waals surface area contributed by atoms with Gasteiger partial charge in [-0.1, -0.05) is 36.7 Å². The zero-order valence-corrected chi connectivity index (χ0v) is 15.5. The van der Waals surface area contributed by atoms with E-state index in [1.165, 1.54) is 11.8 Å². The van der Waals surface area contributed by atoms with Crippen molar-refractivity contribution in [1.29, 1.82) is 0 Å². The number of aromatic nitrogens is 3. The van der Waals surface area contributed by atoms with Crippen molar-refractivity contribution in [1.82, 2.24) is 20.5 Å². The van der Waals surface area contributed by atoms with Gasteiger partial charge < -0.3 is 10.1 Å². The Balaban J connectivity index is 1.99. The molecule has 1 aromatic heterocycles. The minimum Gasteiger partial charge on any atom is -0.496 e. The van der Waals surface area contributed by atoms with E-state index in [1.807, 2.05) is 6.92 Å². The van der Waals surface area contributed by atoms with E-state index in [1.54, 1.807) is 25.3 Å². The number of nitrogens with zero attached hydrogens (tertiary/aromatic N) is 2. The molecular weight excluding hydrogens is 348 g/mol. The average Bonchev–Trinajstić information content (AvgIpc) is 3.02. The molecule has 1 aromatic carbocycles. The van der Waals surface area contributed by atoms with Gasteiger partial charge in [0.05, 0.1) is 18.4 Å². The highest BCUT2D eigenvalue weighted by Gasteiger charge is 2.13. The number of ether oxygens (including phenoxy) is 1. The molecule has 6 nitrogen and oxygen atoms in total. The number of carbonyl (C=O) groups excluding carboxylic acids is 1. The largest absolute Gasteiger partial charge is 0.496 e. The van der Waals surface area contributed by atoms with Crippen molar-refractivity contribution in [2.45, 2.75) is 37.9 Å². The number of thioether (sulfide) groups is 1. The van der Waals surface area contributed by atoms with E-state index in [4.69, 9.17) is 16.3 Å². The van der Waals surface area contributed by atoms with Gasteiger partial charge in [-0.05, 0) is 31.5 Å². The van der Waals surface area contributed by atoms with Gasteiger partial charge in [-0.2, -0.15) is 0 Å². The van der Waals surface area contributed by atoms with E-state index in [-0.39, 0.29) is 17.7 Å². The predicted octanol–water partition coefficient (Wildman–Crippen LogP) is 3.53. The van der Waals surface area contributed by atoms with Crippen molar-refractivity contribution < 1.29 is 9.53 Å². The molecule has 1 heterocycles. The normalized spacial score (nSPS) is 12.0. The van der Waals surface area contributed by atoms with Crippen LogP contribution in [0.2, 0.25) is 5.02 Å². The maximum absolute atomic E-state index is 11.9. The molecule has 0 aliphatic heterocycles. The minimum absolute atomic E-state index is 0.0207. The van der Waals surface area contributed by atoms with Gasteiger partial charge in [0, 0.05) is 11.1 Å². The third kappa shape index (κ3) is 5.14. The molecule has 0 aliphatic carbocycles. The van der Waals surface area contributed by atoms with Gasteiger partial charge in [-0.25, -0.2) is 4.98 Å². The number of nitrogens with one attached hydrogen (secondary N) is 2. The molecule has 0 fully saturated rings. The number of hydrogen-bond acceptors (Lipinski definition) is 5. The Hall–Kier alpha value is -1.73. The van der Waals surface area contributed by atoms with Crippen LogP contribution in [0.1, 0.15) is 26.7 Å². The molecule has 0 spiro atoms. The summed E-state index contributed by atoms with van der Waals surface area (Å²) in [6, 6.07) is 5.46. The molecule has 0 radical (unpaired) electrons. The van der Waals surface area contributed by atoms with Crippen molar-refractivity contribution in [3.8, 4) is 17.1 Å². The summed E-state index contributed by atoms with van der Waals surface area (Å²) in [4.78, 5) is 16.3. The van der Waals surface area contributed by atoms with Crippen LogP contribution in [0.4, 0.5) is 0 Å². The first-order chi connectivity index (χ1) is 11.5. The Labute approximate surface area is 150 Å². The maximum atomic E-state index is 11.9. The highest BCUT2D eigenvalue weighted by atomic mass is 35.5. The summed E-state index contributed by atoms with van der Waals surface area (Å²) in [5, 5.41) is 11.0. The van der Waals surface area contributed by atoms with Crippen LogP contribution < -0.4 is 10.1 Å². The first kappa shape index (κ1) is 18.6. The zero-order valence-electron chi connectivity index (χ0n) is 13.9. The number of hydrogen-bond donors (Lipinski definition) is 2. The number of rotatable bonds is 8. The van der Waals surface area contributed by atoms with Gasteiger partial charge >= 0.3 is 0 Å². The highest BCUT2D eigenvalue weighted by molar-refractivity contribution is 7.99. The first-order valence-electron chi connectivity index (χ1n) is 7.72. The molecule has 0 saturated heterocycles. The van der Waals surface area contributed by atoms with Crippen LogP contribution in [0, 0.1) is 0 Å². The Morgan fingerprint density at radius 1 is 1.50 bits per heavy atom. The van der Waals surface area contributed by atoms with Crippen LogP contribution in [-0.4, -0.2) is 40.0 Å². The van der Waals surface area contributed by atoms with Crippen molar-refractivity contribution in [3.05, 3.63) is 23.2 Å². The van der Waals surface area contributed by atoms with Gasteiger partial charge in [0.15, 0.2) is 5.82 Å². The third-order valence-electron chi connectivity index (χ3n) is 3.34. The molecule has 0 saturated carbocycles. The van der Waals surface area contributed by atoms with Gasteiger partial charge in [0.1, 0.15) is 5.75 Å². The molecule has 1 atom stereocenters. The van der Waals surface area contributed by atoms with Crippen LogP contribution >= 0.6 is 23.4 Å². The van der Waals surface area contributed by atoms with Crippen LogP contribution in [-0.2, 0) is 4.79 Å². The smallest absolute Gasteiger partial charge is 0.230 e. The Bertz CT molecular complexity index is 692. The molecule has 2 aromatic rings.